The third-order valence-electron chi connectivity index (χ3n) is 4.65. The Morgan fingerprint density at radius 2 is 1.95 bits per heavy atom. The number of nitrogens with zero attached hydrogens (tertiary/aromatic N) is 1. The summed E-state index contributed by atoms with van der Waals surface area (Å²) in [6, 6.07) is 5.84. The Balaban J connectivity index is 2.25. The summed E-state index contributed by atoms with van der Waals surface area (Å²) in [6.45, 7) is 0. The zero-order chi connectivity index (χ0) is 15.5. The lowest BCUT2D eigenvalue weighted by molar-refractivity contribution is -0.131. The van der Waals surface area contributed by atoms with E-state index in [9.17, 15) is 4.79 Å². The summed E-state index contributed by atoms with van der Waals surface area (Å²) in [6.07, 6.45) is 5.88. The maximum Gasteiger partial charge on any atom is 0.157 e. The van der Waals surface area contributed by atoms with E-state index in [1.54, 1.807) is 7.11 Å². The van der Waals surface area contributed by atoms with Crippen molar-refractivity contribution in [3.8, 4) is 5.75 Å². The second-order valence-electron chi connectivity index (χ2n) is 6.04. The monoisotopic (exact) mass is 353 g/mol. The Labute approximate surface area is 135 Å². The van der Waals surface area contributed by atoms with Crippen molar-refractivity contribution < 1.29 is 9.53 Å². The fraction of sp³-hybridized carbons (Fsp3) is 0.588. The summed E-state index contributed by atoms with van der Waals surface area (Å²) in [5.74, 6) is 1.10. The predicted molar refractivity (Wildman–Crippen MR) is 88.9 cm³/mol. The summed E-state index contributed by atoms with van der Waals surface area (Å²) in [4.78, 5) is 15.1. The molecule has 1 aliphatic carbocycles. The van der Waals surface area contributed by atoms with Crippen LogP contribution in [0.4, 0.5) is 0 Å². The maximum atomic E-state index is 13.0. The number of likely N-dealkylation sites (N-methyl/N-ethyl adjacent to an activating group) is 1. The number of carbonyl (C=O) groups excluding carboxylic acids is 1. The van der Waals surface area contributed by atoms with E-state index in [0.29, 0.717) is 12.2 Å². The topological polar surface area (TPSA) is 29.5 Å². The average Bonchev–Trinajstić information content (AvgIpc) is 2.48. The van der Waals surface area contributed by atoms with Gasteiger partial charge < -0.3 is 4.74 Å². The molecule has 3 nitrogen and oxygen atoms in total. The van der Waals surface area contributed by atoms with E-state index in [2.05, 4.69) is 20.8 Å². The zero-order valence-corrected chi connectivity index (χ0v) is 14.7. The molecular formula is C17H24BrNO2. The summed E-state index contributed by atoms with van der Waals surface area (Å²) in [7, 11) is 5.71. The molecule has 0 bridgehead atoms. The van der Waals surface area contributed by atoms with Gasteiger partial charge in [-0.2, -0.15) is 0 Å². The molecule has 0 radical (unpaired) electrons. The number of hydrogen-bond acceptors (Lipinski definition) is 3. The van der Waals surface area contributed by atoms with E-state index in [1.165, 1.54) is 6.42 Å². The Kier molecular flexibility index (Phi) is 5.44. The largest absolute Gasteiger partial charge is 0.496 e. The number of rotatable bonds is 5. The van der Waals surface area contributed by atoms with Crippen molar-refractivity contribution in [2.45, 2.75) is 44.1 Å². The third-order valence-corrected chi connectivity index (χ3v) is 5.14. The Hall–Kier alpha value is -0.870. The van der Waals surface area contributed by atoms with E-state index in [4.69, 9.17) is 4.74 Å². The number of methoxy groups -OCH3 is 1. The SMILES string of the molecule is COc1ccc(Br)cc1CC(=O)C1(N(C)C)CCCCC1. The molecule has 0 saturated heterocycles. The molecule has 0 amide bonds. The normalized spacial score (nSPS) is 17.8. The van der Waals surface area contributed by atoms with E-state index >= 15 is 0 Å². The Bertz CT molecular complexity index is 508. The van der Waals surface area contributed by atoms with Crippen molar-refractivity contribution in [1.29, 1.82) is 0 Å². The van der Waals surface area contributed by atoms with Crippen LogP contribution in [-0.4, -0.2) is 37.4 Å². The van der Waals surface area contributed by atoms with Gasteiger partial charge in [0.05, 0.1) is 12.6 Å². The lowest BCUT2D eigenvalue weighted by atomic mass is 9.76. The summed E-state index contributed by atoms with van der Waals surface area (Å²) < 4.78 is 6.38. The van der Waals surface area contributed by atoms with Gasteiger partial charge in [-0.05, 0) is 45.1 Å². The second-order valence-corrected chi connectivity index (χ2v) is 6.96. The molecule has 4 heteroatoms. The number of hydrogen-bond donors (Lipinski definition) is 0. The summed E-state index contributed by atoms with van der Waals surface area (Å²) >= 11 is 3.48. The molecular weight excluding hydrogens is 330 g/mol. The van der Waals surface area contributed by atoms with Gasteiger partial charge in [-0.25, -0.2) is 0 Å². The van der Waals surface area contributed by atoms with E-state index in [0.717, 1.165) is 41.5 Å². The van der Waals surface area contributed by atoms with Gasteiger partial charge in [0.1, 0.15) is 5.75 Å². The number of Topliss-reactive ketones (excluding diaryl/α,β-unsaturated/α-hetero) is 1. The van der Waals surface area contributed by atoms with Crippen molar-refractivity contribution >= 4 is 21.7 Å². The van der Waals surface area contributed by atoms with Crippen LogP contribution in [0.3, 0.4) is 0 Å². The van der Waals surface area contributed by atoms with Gasteiger partial charge in [0.25, 0.3) is 0 Å². The van der Waals surface area contributed by atoms with Gasteiger partial charge in [-0.15, -0.1) is 0 Å². The van der Waals surface area contributed by atoms with Crippen molar-refractivity contribution in [3.63, 3.8) is 0 Å². The fourth-order valence-corrected chi connectivity index (χ4v) is 3.74. The van der Waals surface area contributed by atoms with Crippen LogP contribution in [0.5, 0.6) is 5.75 Å². The quantitative estimate of drug-likeness (QED) is 0.805. The molecule has 2 rings (SSSR count). The third kappa shape index (κ3) is 3.49. The minimum Gasteiger partial charge on any atom is -0.496 e. The molecule has 0 aromatic heterocycles. The van der Waals surface area contributed by atoms with Crippen LogP contribution in [0, 0.1) is 0 Å². The highest BCUT2D eigenvalue weighted by molar-refractivity contribution is 9.10. The van der Waals surface area contributed by atoms with Crippen LogP contribution in [-0.2, 0) is 11.2 Å². The van der Waals surface area contributed by atoms with Gasteiger partial charge in [0, 0.05) is 16.5 Å². The Morgan fingerprint density at radius 1 is 1.29 bits per heavy atom. The molecule has 1 aromatic rings. The average molecular weight is 354 g/mol. The first-order chi connectivity index (χ1) is 9.99. The highest BCUT2D eigenvalue weighted by Gasteiger charge is 2.41. The molecule has 0 heterocycles. The highest BCUT2D eigenvalue weighted by Crippen LogP contribution is 2.35. The van der Waals surface area contributed by atoms with Crippen LogP contribution in [0.2, 0.25) is 0 Å². The predicted octanol–water partition coefficient (Wildman–Crippen LogP) is 3.83. The van der Waals surface area contributed by atoms with Crippen molar-refractivity contribution in [3.05, 3.63) is 28.2 Å². The van der Waals surface area contributed by atoms with E-state index in [-0.39, 0.29) is 5.54 Å². The summed E-state index contributed by atoms with van der Waals surface area (Å²) in [5.41, 5.74) is 0.662. The van der Waals surface area contributed by atoms with Crippen molar-refractivity contribution in [2.24, 2.45) is 0 Å². The molecule has 0 unspecified atom stereocenters. The highest BCUT2D eigenvalue weighted by atomic mass is 79.9. The van der Waals surface area contributed by atoms with Gasteiger partial charge in [0.2, 0.25) is 0 Å². The number of benzene rings is 1. The fourth-order valence-electron chi connectivity index (χ4n) is 3.33. The molecule has 1 fully saturated rings. The van der Waals surface area contributed by atoms with Crippen LogP contribution < -0.4 is 4.74 Å². The van der Waals surface area contributed by atoms with Crippen LogP contribution in [0.1, 0.15) is 37.7 Å². The van der Waals surface area contributed by atoms with Gasteiger partial charge in [-0.1, -0.05) is 35.2 Å². The number of carbonyl (C=O) groups is 1. The Morgan fingerprint density at radius 3 is 2.52 bits per heavy atom. The number of ketones is 1. The van der Waals surface area contributed by atoms with Gasteiger partial charge in [-0.3, -0.25) is 9.69 Å². The van der Waals surface area contributed by atoms with Crippen LogP contribution in [0.25, 0.3) is 0 Å². The standard InChI is InChI=1S/C17H24BrNO2/c1-19(2)17(9-5-4-6-10-17)16(20)12-13-11-14(18)7-8-15(13)21-3/h7-8,11H,4-6,9-10,12H2,1-3H3. The van der Waals surface area contributed by atoms with Gasteiger partial charge >= 0.3 is 0 Å². The summed E-state index contributed by atoms with van der Waals surface area (Å²) in [5, 5.41) is 0. The second kappa shape index (κ2) is 6.93. The maximum absolute atomic E-state index is 13.0. The molecule has 0 atom stereocenters. The molecule has 21 heavy (non-hydrogen) atoms. The van der Waals surface area contributed by atoms with Crippen LogP contribution >= 0.6 is 15.9 Å². The van der Waals surface area contributed by atoms with E-state index in [1.807, 2.05) is 32.3 Å². The number of halogens is 1. The molecule has 1 aromatic carbocycles. The first-order valence-electron chi connectivity index (χ1n) is 7.53. The first-order valence-corrected chi connectivity index (χ1v) is 8.32. The van der Waals surface area contributed by atoms with Crippen molar-refractivity contribution in [2.75, 3.05) is 21.2 Å². The molecule has 1 aliphatic rings. The van der Waals surface area contributed by atoms with Crippen LogP contribution in [0.15, 0.2) is 22.7 Å². The van der Waals surface area contributed by atoms with E-state index < -0.39 is 0 Å². The molecule has 0 N–H and O–H groups in total. The van der Waals surface area contributed by atoms with Gasteiger partial charge in [0.15, 0.2) is 5.78 Å². The molecule has 0 spiro atoms. The minimum absolute atomic E-state index is 0.300. The minimum atomic E-state index is -0.300. The lowest BCUT2D eigenvalue weighted by Gasteiger charge is -2.41. The zero-order valence-electron chi connectivity index (χ0n) is 13.1. The molecule has 0 aliphatic heterocycles. The smallest absolute Gasteiger partial charge is 0.157 e. The lowest BCUT2D eigenvalue weighted by Crippen LogP contribution is -2.53. The van der Waals surface area contributed by atoms with Crippen molar-refractivity contribution in [1.82, 2.24) is 4.90 Å². The molecule has 1 saturated carbocycles. The molecule has 116 valence electrons. The number of ether oxygens (including phenoxy) is 1. The first kappa shape index (κ1) is 16.5.